The molecule has 3 aromatic rings. The minimum atomic E-state index is -4.99. The summed E-state index contributed by atoms with van der Waals surface area (Å²) < 4.78 is 67.6. The third-order valence-electron chi connectivity index (χ3n) is 5.81. The first-order valence-corrected chi connectivity index (χ1v) is 9.84. The molecule has 4 rings (SSSR count). The molecule has 0 aliphatic carbocycles. The Labute approximate surface area is 177 Å². The molecule has 8 nitrogen and oxygen atoms in total. The lowest BCUT2D eigenvalue weighted by Gasteiger charge is -2.36. The highest BCUT2D eigenvalue weighted by atomic mass is 19.4. The molecule has 1 aliphatic rings. The number of nitrogens with one attached hydrogen (secondary N) is 1. The van der Waals surface area contributed by atoms with E-state index >= 15 is 0 Å². The van der Waals surface area contributed by atoms with Crippen LogP contribution < -0.4 is 5.56 Å². The van der Waals surface area contributed by atoms with Gasteiger partial charge >= 0.3 is 6.18 Å². The van der Waals surface area contributed by atoms with E-state index in [2.05, 4.69) is 15.2 Å². The summed E-state index contributed by atoms with van der Waals surface area (Å²) in [6.45, 7) is 1.44. The lowest BCUT2D eigenvalue weighted by atomic mass is 9.84. The fraction of sp³-hybridized carbons (Fsp3) is 0.474. The summed E-state index contributed by atoms with van der Waals surface area (Å²) >= 11 is 0. The standard InChI is InChI=1S/C19H19F5N6O2/c1-10-12(9-25-30(10)18-26-16(31)13-3-2-6-29(13)27-18)17(32)28-7-4-11(5-8-28)14(15(20)21)19(22,23)24/h2-3,6,9,11,14-15H,4-5,7-8H2,1H3,(H,26,27,31). The Morgan fingerprint density at radius 3 is 2.56 bits per heavy atom. The van der Waals surface area contributed by atoms with Crippen LogP contribution in [0.2, 0.25) is 0 Å². The zero-order valence-corrected chi connectivity index (χ0v) is 16.8. The van der Waals surface area contributed by atoms with E-state index in [-0.39, 0.29) is 37.4 Å². The van der Waals surface area contributed by atoms with Gasteiger partial charge < -0.3 is 4.90 Å². The Bertz CT molecular complexity index is 1190. The highest BCUT2D eigenvalue weighted by Gasteiger charge is 2.51. The van der Waals surface area contributed by atoms with E-state index < -0.39 is 35.9 Å². The number of halogens is 5. The molecule has 0 spiro atoms. The van der Waals surface area contributed by atoms with Gasteiger partial charge in [0, 0.05) is 19.3 Å². The normalized spacial score (nSPS) is 16.8. The summed E-state index contributed by atoms with van der Waals surface area (Å²) in [5.41, 5.74) is 0.481. The van der Waals surface area contributed by atoms with Crippen LogP contribution in [0.15, 0.2) is 29.3 Å². The molecule has 0 saturated carbocycles. The monoisotopic (exact) mass is 458 g/mol. The van der Waals surface area contributed by atoms with Crippen LogP contribution in [0, 0.1) is 18.8 Å². The zero-order valence-electron chi connectivity index (χ0n) is 16.8. The van der Waals surface area contributed by atoms with Crippen LogP contribution >= 0.6 is 0 Å². The Balaban J connectivity index is 1.52. The van der Waals surface area contributed by atoms with Crippen LogP contribution in [0.4, 0.5) is 22.0 Å². The molecule has 4 heterocycles. The predicted octanol–water partition coefficient (Wildman–Crippen LogP) is 2.81. The van der Waals surface area contributed by atoms with Gasteiger partial charge in [-0.25, -0.2) is 18.0 Å². The summed E-state index contributed by atoms with van der Waals surface area (Å²) in [6, 6.07) is 3.23. The lowest BCUT2D eigenvalue weighted by molar-refractivity contribution is -0.225. The molecule has 32 heavy (non-hydrogen) atoms. The molecule has 1 fully saturated rings. The average Bonchev–Trinajstić information content (AvgIpc) is 3.33. The van der Waals surface area contributed by atoms with Crippen molar-refractivity contribution in [3.8, 4) is 5.95 Å². The first-order valence-electron chi connectivity index (χ1n) is 9.84. The first-order chi connectivity index (χ1) is 15.1. The molecule has 1 aliphatic heterocycles. The van der Waals surface area contributed by atoms with Gasteiger partial charge in [-0.1, -0.05) is 0 Å². The van der Waals surface area contributed by atoms with E-state index in [9.17, 15) is 31.5 Å². The smallest absolute Gasteiger partial charge is 0.339 e. The van der Waals surface area contributed by atoms with Gasteiger partial charge in [0.1, 0.15) is 11.4 Å². The molecular formula is C19H19F5N6O2. The van der Waals surface area contributed by atoms with Gasteiger partial charge in [0.2, 0.25) is 12.4 Å². The van der Waals surface area contributed by atoms with E-state index in [4.69, 9.17) is 0 Å². The van der Waals surface area contributed by atoms with Crippen molar-refractivity contribution in [1.82, 2.24) is 29.3 Å². The Morgan fingerprint density at radius 1 is 1.25 bits per heavy atom. The van der Waals surface area contributed by atoms with Crippen LogP contribution in [-0.4, -0.2) is 60.9 Å². The molecule has 1 amide bonds. The number of fused-ring (bicyclic) bond motifs is 1. The topological polar surface area (TPSA) is 88.3 Å². The second kappa shape index (κ2) is 8.02. The van der Waals surface area contributed by atoms with Crippen LogP contribution in [0.5, 0.6) is 0 Å². The second-order valence-electron chi connectivity index (χ2n) is 7.70. The van der Waals surface area contributed by atoms with E-state index in [1.807, 2.05) is 0 Å². The van der Waals surface area contributed by atoms with Crippen LogP contribution in [0.1, 0.15) is 28.9 Å². The number of alkyl halides is 5. The van der Waals surface area contributed by atoms with E-state index in [0.29, 0.717) is 11.2 Å². The number of rotatable bonds is 4. The maximum atomic E-state index is 13.0. The summed E-state index contributed by atoms with van der Waals surface area (Å²) in [6.07, 6.45) is -5.99. The first kappa shape index (κ1) is 22.0. The van der Waals surface area contributed by atoms with Crippen molar-refractivity contribution in [2.45, 2.75) is 32.4 Å². The molecule has 3 aromatic heterocycles. The second-order valence-corrected chi connectivity index (χ2v) is 7.70. The number of likely N-dealkylation sites (tertiary alicyclic amines) is 1. The van der Waals surface area contributed by atoms with Crippen molar-refractivity contribution in [1.29, 1.82) is 0 Å². The molecule has 0 radical (unpaired) electrons. The summed E-state index contributed by atoms with van der Waals surface area (Å²) in [5.74, 6) is -4.34. The van der Waals surface area contributed by atoms with Crippen molar-refractivity contribution in [2.75, 3.05) is 13.1 Å². The molecule has 172 valence electrons. The largest absolute Gasteiger partial charge is 0.397 e. The van der Waals surface area contributed by atoms with Gasteiger partial charge in [0.15, 0.2) is 0 Å². The van der Waals surface area contributed by atoms with Gasteiger partial charge in [-0.15, -0.1) is 5.10 Å². The number of aromatic nitrogens is 5. The number of hydrogen-bond donors (Lipinski definition) is 1. The summed E-state index contributed by atoms with van der Waals surface area (Å²) in [5, 5.41) is 8.35. The number of nitrogens with zero attached hydrogens (tertiary/aromatic N) is 5. The number of amides is 1. The van der Waals surface area contributed by atoms with Crippen molar-refractivity contribution in [2.24, 2.45) is 11.8 Å². The molecule has 0 bridgehead atoms. The fourth-order valence-corrected chi connectivity index (χ4v) is 4.11. The lowest BCUT2D eigenvalue weighted by Crippen LogP contribution is -2.44. The molecule has 1 unspecified atom stereocenters. The summed E-state index contributed by atoms with van der Waals surface area (Å²) in [4.78, 5) is 29.0. The number of carbonyl (C=O) groups is 1. The quantitative estimate of drug-likeness (QED) is 0.609. The minimum absolute atomic E-state index is 0.0716. The van der Waals surface area contributed by atoms with Gasteiger partial charge in [0.05, 0.1) is 17.5 Å². The third kappa shape index (κ3) is 3.86. The molecule has 13 heteroatoms. The van der Waals surface area contributed by atoms with Crippen LogP contribution in [-0.2, 0) is 0 Å². The highest BCUT2D eigenvalue weighted by Crippen LogP contribution is 2.41. The van der Waals surface area contributed by atoms with Gasteiger partial charge in [-0.3, -0.25) is 14.6 Å². The molecule has 0 aromatic carbocycles. The van der Waals surface area contributed by atoms with Crippen molar-refractivity contribution < 1.29 is 26.7 Å². The Kier molecular flexibility index (Phi) is 5.51. The maximum absolute atomic E-state index is 13.0. The van der Waals surface area contributed by atoms with Crippen molar-refractivity contribution >= 4 is 11.4 Å². The van der Waals surface area contributed by atoms with Crippen LogP contribution in [0.3, 0.4) is 0 Å². The average molecular weight is 458 g/mol. The van der Waals surface area contributed by atoms with Gasteiger partial charge in [0.25, 0.3) is 11.5 Å². The molecule has 1 atom stereocenters. The molecular weight excluding hydrogens is 439 g/mol. The van der Waals surface area contributed by atoms with Crippen LogP contribution in [0.25, 0.3) is 11.5 Å². The number of hydrogen-bond acceptors (Lipinski definition) is 4. The minimum Gasteiger partial charge on any atom is -0.339 e. The van der Waals surface area contributed by atoms with E-state index in [1.165, 1.54) is 20.3 Å². The zero-order chi connectivity index (χ0) is 23.2. The van der Waals surface area contributed by atoms with Gasteiger partial charge in [-0.2, -0.15) is 18.3 Å². The van der Waals surface area contributed by atoms with E-state index in [1.54, 1.807) is 25.3 Å². The fourth-order valence-electron chi connectivity index (χ4n) is 4.11. The van der Waals surface area contributed by atoms with Crippen molar-refractivity contribution in [3.63, 3.8) is 0 Å². The molecule has 1 N–H and O–H groups in total. The van der Waals surface area contributed by atoms with E-state index in [0.717, 1.165) is 0 Å². The highest BCUT2D eigenvalue weighted by molar-refractivity contribution is 5.95. The number of H-pyrrole nitrogens is 1. The Hall–Kier alpha value is -3.25. The van der Waals surface area contributed by atoms with Gasteiger partial charge in [-0.05, 0) is 37.8 Å². The Morgan fingerprint density at radius 2 is 1.94 bits per heavy atom. The number of piperidine rings is 1. The number of aromatic amines is 1. The number of carbonyl (C=O) groups excluding carboxylic acids is 1. The summed E-state index contributed by atoms with van der Waals surface area (Å²) in [7, 11) is 0. The maximum Gasteiger partial charge on any atom is 0.397 e. The molecule has 1 saturated heterocycles. The SMILES string of the molecule is Cc1c(C(=O)N2CCC(C(C(F)F)C(F)(F)F)CC2)cnn1-c1nn2cccc2c(=O)[nH]1. The predicted molar refractivity (Wildman–Crippen MR) is 102 cm³/mol. The van der Waals surface area contributed by atoms with Crippen molar-refractivity contribution in [3.05, 3.63) is 46.1 Å². The third-order valence-corrected chi connectivity index (χ3v) is 5.81.